The van der Waals surface area contributed by atoms with Gasteiger partial charge in [0, 0.05) is 10.5 Å². The van der Waals surface area contributed by atoms with E-state index in [1.54, 1.807) is 0 Å². The lowest BCUT2D eigenvalue weighted by Gasteiger charge is -2.12. The van der Waals surface area contributed by atoms with Crippen molar-refractivity contribution in [3.63, 3.8) is 0 Å². The number of ether oxygens (including phenoxy) is 1. The van der Waals surface area contributed by atoms with Gasteiger partial charge in [0.05, 0.1) is 6.61 Å². The van der Waals surface area contributed by atoms with Crippen LogP contribution in [0.15, 0.2) is 28.7 Å². The number of hydrogen-bond donors (Lipinski definition) is 2. The molecule has 0 spiro atoms. The largest absolute Gasteiger partial charge is 0.494 e. The summed E-state index contributed by atoms with van der Waals surface area (Å²) < 4.78 is 6.64. The molecule has 2 N–H and O–H groups in total. The molecule has 1 heterocycles. The first-order valence-electron chi connectivity index (χ1n) is 6.02. The van der Waals surface area contributed by atoms with E-state index in [9.17, 15) is 4.79 Å². The second-order valence-electron chi connectivity index (χ2n) is 4.42. The maximum absolute atomic E-state index is 10.8. The van der Waals surface area contributed by atoms with Gasteiger partial charge in [0.1, 0.15) is 11.8 Å². The minimum Gasteiger partial charge on any atom is -0.494 e. The van der Waals surface area contributed by atoms with Crippen molar-refractivity contribution in [1.29, 1.82) is 0 Å². The van der Waals surface area contributed by atoms with Crippen LogP contribution in [0.2, 0.25) is 0 Å². The summed E-state index contributed by atoms with van der Waals surface area (Å²) in [7, 11) is 0. The zero-order chi connectivity index (χ0) is 13.0. The number of nitrogens with one attached hydrogen (secondary N) is 1. The summed E-state index contributed by atoms with van der Waals surface area (Å²) in [6, 6.07) is 7.55. The predicted molar refractivity (Wildman–Crippen MR) is 71.8 cm³/mol. The van der Waals surface area contributed by atoms with Gasteiger partial charge in [-0.05, 0) is 43.5 Å². The lowest BCUT2D eigenvalue weighted by molar-refractivity contribution is -0.139. The Labute approximate surface area is 114 Å². The Morgan fingerprint density at radius 3 is 2.72 bits per heavy atom. The SMILES string of the molecule is O=C(O)C1CCC(CCOc2ccc(Br)cc2)N1. The van der Waals surface area contributed by atoms with Crippen molar-refractivity contribution in [1.82, 2.24) is 5.32 Å². The molecule has 2 unspecified atom stereocenters. The van der Waals surface area contributed by atoms with E-state index < -0.39 is 5.97 Å². The fourth-order valence-electron chi connectivity index (χ4n) is 2.09. The van der Waals surface area contributed by atoms with Crippen LogP contribution in [0.5, 0.6) is 5.75 Å². The van der Waals surface area contributed by atoms with Gasteiger partial charge in [-0.25, -0.2) is 0 Å². The molecule has 2 atom stereocenters. The van der Waals surface area contributed by atoms with E-state index in [0.29, 0.717) is 13.0 Å². The van der Waals surface area contributed by atoms with Gasteiger partial charge in [-0.3, -0.25) is 4.79 Å². The van der Waals surface area contributed by atoms with Crippen LogP contribution in [0, 0.1) is 0 Å². The average molecular weight is 314 g/mol. The highest BCUT2D eigenvalue weighted by Gasteiger charge is 2.28. The van der Waals surface area contributed by atoms with E-state index in [-0.39, 0.29) is 12.1 Å². The lowest BCUT2D eigenvalue weighted by atomic mass is 10.1. The van der Waals surface area contributed by atoms with Crippen molar-refractivity contribution < 1.29 is 14.6 Å². The molecule has 5 heteroatoms. The third-order valence-corrected chi connectivity index (χ3v) is 3.62. The van der Waals surface area contributed by atoms with Gasteiger partial charge in [0.2, 0.25) is 0 Å². The molecule has 1 aromatic rings. The number of hydrogen-bond acceptors (Lipinski definition) is 3. The van der Waals surface area contributed by atoms with Crippen LogP contribution in [0.1, 0.15) is 19.3 Å². The van der Waals surface area contributed by atoms with Crippen molar-refractivity contribution >= 4 is 21.9 Å². The van der Waals surface area contributed by atoms with Crippen molar-refractivity contribution in [2.24, 2.45) is 0 Å². The highest BCUT2D eigenvalue weighted by atomic mass is 79.9. The van der Waals surface area contributed by atoms with E-state index in [1.807, 2.05) is 24.3 Å². The predicted octanol–water partition coefficient (Wildman–Crippen LogP) is 2.42. The number of benzene rings is 1. The Morgan fingerprint density at radius 1 is 1.39 bits per heavy atom. The first kappa shape index (κ1) is 13.4. The molecule has 1 fully saturated rings. The number of halogens is 1. The molecule has 0 radical (unpaired) electrons. The number of carboxylic acids is 1. The molecule has 0 aromatic heterocycles. The second kappa shape index (κ2) is 6.20. The molecule has 0 bridgehead atoms. The minimum atomic E-state index is -0.758. The summed E-state index contributed by atoms with van der Waals surface area (Å²) in [5.74, 6) is 0.0808. The van der Waals surface area contributed by atoms with E-state index in [4.69, 9.17) is 9.84 Å². The van der Waals surface area contributed by atoms with Crippen LogP contribution in [0.3, 0.4) is 0 Å². The average Bonchev–Trinajstić information content (AvgIpc) is 2.81. The summed E-state index contributed by atoms with van der Waals surface area (Å²) in [4.78, 5) is 10.8. The van der Waals surface area contributed by atoms with Gasteiger partial charge in [-0.1, -0.05) is 15.9 Å². The van der Waals surface area contributed by atoms with Crippen LogP contribution in [-0.2, 0) is 4.79 Å². The van der Waals surface area contributed by atoms with E-state index in [1.165, 1.54) is 0 Å². The molecule has 4 nitrogen and oxygen atoms in total. The Morgan fingerprint density at radius 2 is 2.11 bits per heavy atom. The topological polar surface area (TPSA) is 58.6 Å². The van der Waals surface area contributed by atoms with Crippen molar-refractivity contribution in [3.8, 4) is 5.75 Å². The number of rotatable bonds is 5. The second-order valence-corrected chi connectivity index (χ2v) is 5.34. The monoisotopic (exact) mass is 313 g/mol. The molecule has 98 valence electrons. The molecule has 1 aliphatic heterocycles. The smallest absolute Gasteiger partial charge is 0.320 e. The van der Waals surface area contributed by atoms with E-state index in [0.717, 1.165) is 23.1 Å². The summed E-state index contributed by atoms with van der Waals surface area (Å²) in [6.07, 6.45) is 2.44. The van der Waals surface area contributed by atoms with Crippen molar-refractivity contribution in [2.75, 3.05) is 6.61 Å². The van der Waals surface area contributed by atoms with Crippen molar-refractivity contribution in [3.05, 3.63) is 28.7 Å². The Hall–Kier alpha value is -1.07. The fraction of sp³-hybridized carbons (Fsp3) is 0.462. The fourth-order valence-corrected chi connectivity index (χ4v) is 2.36. The third-order valence-electron chi connectivity index (χ3n) is 3.09. The maximum atomic E-state index is 10.8. The summed E-state index contributed by atoms with van der Waals surface area (Å²) >= 11 is 3.37. The van der Waals surface area contributed by atoms with E-state index in [2.05, 4.69) is 21.2 Å². The maximum Gasteiger partial charge on any atom is 0.320 e. The van der Waals surface area contributed by atoms with Gasteiger partial charge in [0.25, 0.3) is 0 Å². The molecule has 18 heavy (non-hydrogen) atoms. The zero-order valence-electron chi connectivity index (χ0n) is 9.93. The zero-order valence-corrected chi connectivity index (χ0v) is 11.5. The first-order chi connectivity index (χ1) is 8.65. The van der Waals surface area contributed by atoms with Gasteiger partial charge in [-0.2, -0.15) is 0 Å². The number of aliphatic carboxylic acids is 1. The van der Waals surface area contributed by atoms with Gasteiger partial charge in [0.15, 0.2) is 0 Å². The Balaban J connectivity index is 1.70. The van der Waals surface area contributed by atoms with Gasteiger partial charge >= 0.3 is 5.97 Å². The summed E-state index contributed by atoms with van der Waals surface area (Å²) in [6.45, 7) is 0.603. The molecule has 0 saturated carbocycles. The molecule has 1 aromatic carbocycles. The van der Waals surface area contributed by atoms with Gasteiger partial charge in [-0.15, -0.1) is 0 Å². The number of carboxylic acid groups (broad SMARTS) is 1. The molecule has 1 aliphatic rings. The highest BCUT2D eigenvalue weighted by molar-refractivity contribution is 9.10. The summed E-state index contributed by atoms with van der Waals surface area (Å²) in [5, 5.41) is 12.0. The standard InChI is InChI=1S/C13H16BrNO3/c14-9-1-4-11(5-2-9)18-8-7-10-3-6-12(15-10)13(16)17/h1-2,4-5,10,12,15H,3,6-8H2,(H,16,17). The molecule has 1 saturated heterocycles. The molecule has 0 aliphatic carbocycles. The minimum absolute atomic E-state index is 0.251. The molecule has 0 amide bonds. The normalized spacial score (nSPS) is 22.9. The Bertz CT molecular complexity index is 407. The first-order valence-corrected chi connectivity index (χ1v) is 6.81. The van der Waals surface area contributed by atoms with Crippen LogP contribution >= 0.6 is 15.9 Å². The van der Waals surface area contributed by atoms with Gasteiger partial charge < -0.3 is 15.2 Å². The number of carbonyl (C=O) groups is 1. The molecule has 2 rings (SSSR count). The molecular weight excluding hydrogens is 298 g/mol. The van der Waals surface area contributed by atoms with Crippen LogP contribution in [-0.4, -0.2) is 29.8 Å². The van der Waals surface area contributed by atoms with Crippen LogP contribution < -0.4 is 10.1 Å². The van der Waals surface area contributed by atoms with Crippen LogP contribution in [0.25, 0.3) is 0 Å². The highest BCUT2D eigenvalue weighted by Crippen LogP contribution is 2.18. The third kappa shape index (κ3) is 3.71. The molecular formula is C13H16BrNO3. The summed E-state index contributed by atoms with van der Waals surface area (Å²) in [5.41, 5.74) is 0. The quantitative estimate of drug-likeness (QED) is 0.876. The van der Waals surface area contributed by atoms with Crippen LogP contribution in [0.4, 0.5) is 0 Å². The van der Waals surface area contributed by atoms with Crippen molar-refractivity contribution in [2.45, 2.75) is 31.3 Å². The van der Waals surface area contributed by atoms with E-state index >= 15 is 0 Å². The lowest BCUT2D eigenvalue weighted by Crippen LogP contribution is -2.35. The Kier molecular flexibility index (Phi) is 4.60.